The molecule has 0 unspecified atom stereocenters. The third kappa shape index (κ3) is 4.04. The zero-order chi connectivity index (χ0) is 14.2. The van der Waals surface area contributed by atoms with Crippen LogP contribution in [0.2, 0.25) is 0 Å². The van der Waals surface area contributed by atoms with E-state index in [4.69, 9.17) is 19.9 Å². The second kappa shape index (κ2) is 7.62. The van der Waals surface area contributed by atoms with Crippen LogP contribution in [-0.2, 0) is 9.47 Å². The quantitative estimate of drug-likeness (QED) is 0.739. The first-order chi connectivity index (χ1) is 9.81. The SMILES string of the molecule is COCCOCCCOc1nc(N)nc2ccccc12. The molecule has 0 spiro atoms. The van der Waals surface area contributed by atoms with Crippen LogP contribution in [0, 0.1) is 0 Å². The van der Waals surface area contributed by atoms with Gasteiger partial charge < -0.3 is 19.9 Å². The van der Waals surface area contributed by atoms with Gasteiger partial charge in [0.15, 0.2) is 0 Å². The largest absolute Gasteiger partial charge is 0.477 e. The number of ether oxygens (including phenoxy) is 3. The number of aromatic nitrogens is 2. The van der Waals surface area contributed by atoms with Crippen molar-refractivity contribution in [3.63, 3.8) is 0 Å². The van der Waals surface area contributed by atoms with E-state index in [9.17, 15) is 0 Å². The molecule has 0 saturated heterocycles. The fourth-order valence-electron chi connectivity index (χ4n) is 1.75. The van der Waals surface area contributed by atoms with Gasteiger partial charge in [-0.1, -0.05) is 12.1 Å². The Hall–Kier alpha value is -1.92. The van der Waals surface area contributed by atoms with Crippen LogP contribution >= 0.6 is 0 Å². The fraction of sp³-hybridized carbons (Fsp3) is 0.429. The van der Waals surface area contributed by atoms with Crippen LogP contribution in [0.1, 0.15) is 6.42 Å². The number of hydrogen-bond donors (Lipinski definition) is 1. The summed E-state index contributed by atoms with van der Waals surface area (Å²) >= 11 is 0. The normalized spacial score (nSPS) is 10.8. The highest BCUT2D eigenvalue weighted by atomic mass is 16.5. The summed E-state index contributed by atoms with van der Waals surface area (Å²) in [5.41, 5.74) is 6.45. The van der Waals surface area contributed by atoms with Crippen molar-refractivity contribution < 1.29 is 14.2 Å². The molecule has 20 heavy (non-hydrogen) atoms. The first-order valence-corrected chi connectivity index (χ1v) is 6.53. The Labute approximate surface area is 117 Å². The summed E-state index contributed by atoms with van der Waals surface area (Å²) in [7, 11) is 1.65. The Morgan fingerprint density at radius 3 is 2.75 bits per heavy atom. The summed E-state index contributed by atoms with van der Waals surface area (Å²) in [6, 6.07) is 7.62. The standard InChI is InChI=1S/C14H19N3O3/c1-18-9-10-19-7-4-8-20-13-11-5-2-3-6-12(11)16-14(15)17-13/h2-3,5-6H,4,7-10H2,1H3,(H2,15,16,17). The van der Waals surface area contributed by atoms with Crippen LogP contribution < -0.4 is 10.5 Å². The molecule has 108 valence electrons. The van der Waals surface area contributed by atoms with Crippen LogP contribution in [0.25, 0.3) is 10.9 Å². The lowest BCUT2D eigenvalue weighted by atomic mass is 10.2. The number of fused-ring (bicyclic) bond motifs is 1. The van der Waals surface area contributed by atoms with Crippen LogP contribution in [0.3, 0.4) is 0 Å². The van der Waals surface area contributed by atoms with E-state index in [2.05, 4.69) is 9.97 Å². The molecule has 0 fully saturated rings. The third-order valence-corrected chi connectivity index (χ3v) is 2.69. The molecule has 2 rings (SSSR count). The van der Waals surface area contributed by atoms with Gasteiger partial charge >= 0.3 is 0 Å². The van der Waals surface area contributed by atoms with Crippen molar-refractivity contribution >= 4 is 16.9 Å². The molecule has 6 heteroatoms. The highest BCUT2D eigenvalue weighted by molar-refractivity contribution is 5.84. The van der Waals surface area contributed by atoms with Crippen molar-refractivity contribution in [2.24, 2.45) is 0 Å². The molecule has 1 aromatic heterocycles. The number of rotatable bonds is 8. The molecule has 2 aromatic rings. The molecular weight excluding hydrogens is 258 g/mol. The molecule has 0 amide bonds. The average Bonchev–Trinajstić information content (AvgIpc) is 2.46. The van der Waals surface area contributed by atoms with Gasteiger partial charge in [-0.15, -0.1) is 0 Å². The number of methoxy groups -OCH3 is 1. The summed E-state index contributed by atoms with van der Waals surface area (Å²) in [6.45, 7) is 2.35. The first-order valence-electron chi connectivity index (χ1n) is 6.53. The molecular formula is C14H19N3O3. The highest BCUT2D eigenvalue weighted by Crippen LogP contribution is 2.22. The lowest BCUT2D eigenvalue weighted by Crippen LogP contribution is -2.08. The molecule has 0 aliphatic carbocycles. The summed E-state index contributed by atoms with van der Waals surface area (Å²) in [5, 5.41) is 0.863. The minimum atomic E-state index is 0.218. The summed E-state index contributed by atoms with van der Waals surface area (Å²) in [5.74, 6) is 0.736. The number of hydrogen-bond acceptors (Lipinski definition) is 6. The van der Waals surface area contributed by atoms with Crippen molar-refractivity contribution in [2.45, 2.75) is 6.42 Å². The fourth-order valence-corrected chi connectivity index (χ4v) is 1.75. The number of anilines is 1. The van der Waals surface area contributed by atoms with Gasteiger partial charge in [-0.05, 0) is 12.1 Å². The lowest BCUT2D eigenvalue weighted by Gasteiger charge is -2.09. The average molecular weight is 277 g/mol. The molecule has 0 aliphatic rings. The maximum absolute atomic E-state index is 5.67. The van der Waals surface area contributed by atoms with Gasteiger partial charge in [-0.3, -0.25) is 0 Å². The minimum absolute atomic E-state index is 0.218. The first kappa shape index (κ1) is 14.5. The van der Waals surface area contributed by atoms with E-state index in [-0.39, 0.29) is 5.95 Å². The van der Waals surface area contributed by atoms with Gasteiger partial charge in [0.05, 0.1) is 30.7 Å². The monoisotopic (exact) mass is 277 g/mol. The molecule has 1 aromatic carbocycles. The molecule has 0 atom stereocenters. The molecule has 2 N–H and O–H groups in total. The van der Waals surface area contributed by atoms with E-state index in [0.29, 0.717) is 32.3 Å². The Morgan fingerprint density at radius 2 is 1.90 bits per heavy atom. The molecule has 0 radical (unpaired) electrons. The van der Waals surface area contributed by atoms with Gasteiger partial charge in [0.25, 0.3) is 0 Å². The molecule has 0 aliphatic heterocycles. The van der Waals surface area contributed by atoms with E-state index >= 15 is 0 Å². The predicted octanol–water partition coefficient (Wildman–Crippen LogP) is 1.64. The molecule has 6 nitrogen and oxygen atoms in total. The van der Waals surface area contributed by atoms with Crippen molar-refractivity contribution in [1.82, 2.24) is 9.97 Å². The van der Waals surface area contributed by atoms with Gasteiger partial charge in [-0.25, -0.2) is 4.98 Å². The second-order valence-corrected chi connectivity index (χ2v) is 4.21. The Morgan fingerprint density at radius 1 is 1.05 bits per heavy atom. The lowest BCUT2D eigenvalue weighted by molar-refractivity contribution is 0.0643. The second-order valence-electron chi connectivity index (χ2n) is 4.21. The van der Waals surface area contributed by atoms with Crippen molar-refractivity contribution in [2.75, 3.05) is 39.3 Å². The number of nitrogens with zero attached hydrogens (tertiary/aromatic N) is 2. The Bertz CT molecular complexity index is 548. The van der Waals surface area contributed by atoms with E-state index in [0.717, 1.165) is 17.3 Å². The molecule has 0 saturated carbocycles. The summed E-state index contributed by atoms with van der Waals surface area (Å²) in [4.78, 5) is 8.29. The van der Waals surface area contributed by atoms with E-state index in [1.165, 1.54) is 0 Å². The van der Waals surface area contributed by atoms with Crippen LogP contribution in [0.15, 0.2) is 24.3 Å². The summed E-state index contributed by atoms with van der Waals surface area (Å²) < 4.78 is 15.9. The van der Waals surface area contributed by atoms with Gasteiger partial charge in [-0.2, -0.15) is 4.98 Å². The summed E-state index contributed by atoms with van der Waals surface area (Å²) in [6.07, 6.45) is 0.780. The van der Waals surface area contributed by atoms with Crippen LogP contribution in [-0.4, -0.2) is 43.5 Å². The zero-order valence-electron chi connectivity index (χ0n) is 11.5. The van der Waals surface area contributed by atoms with Crippen molar-refractivity contribution in [1.29, 1.82) is 0 Å². The van der Waals surface area contributed by atoms with Gasteiger partial charge in [0, 0.05) is 20.1 Å². The maximum Gasteiger partial charge on any atom is 0.226 e. The predicted molar refractivity (Wildman–Crippen MR) is 76.8 cm³/mol. The van der Waals surface area contributed by atoms with Crippen LogP contribution in [0.5, 0.6) is 5.88 Å². The van der Waals surface area contributed by atoms with Gasteiger partial charge in [0.1, 0.15) is 0 Å². The molecule has 0 bridgehead atoms. The Kier molecular flexibility index (Phi) is 5.52. The third-order valence-electron chi connectivity index (χ3n) is 2.69. The number of benzene rings is 1. The number of para-hydroxylation sites is 1. The Balaban J connectivity index is 1.86. The topological polar surface area (TPSA) is 79.5 Å². The van der Waals surface area contributed by atoms with Crippen molar-refractivity contribution in [3.05, 3.63) is 24.3 Å². The highest BCUT2D eigenvalue weighted by Gasteiger charge is 2.06. The van der Waals surface area contributed by atoms with Crippen LogP contribution in [0.4, 0.5) is 5.95 Å². The molecule has 1 heterocycles. The number of nitrogen functional groups attached to an aromatic ring is 1. The zero-order valence-corrected chi connectivity index (χ0v) is 11.5. The maximum atomic E-state index is 5.67. The van der Waals surface area contributed by atoms with Crippen molar-refractivity contribution in [3.8, 4) is 5.88 Å². The van der Waals surface area contributed by atoms with E-state index < -0.39 is 0 Å². The van der Waals surface area contributed by atoms with Gasteiger partial charge in [0.2, 0.25) is 11.8 Å². The smallest absolute Gasteiger partial charge is 0.226 e. The number of nitrogens with two attached hydrogens (primary N) is 1. The van der Waals surface area contributed by atoms with E-state index in [1.807, 2.05) is 24.3 Å². The minimum Gasteiger partial charge on any atom is -0.477 e. The van der Waals surface area contributed by atoms with E-state index in [1.54, 1.807) is 7.11 Å².